The third kappa shape index (κ3) is 2.65. The summed E-state index contributed by atoms with van der Waals surface area (Å²) in [7, 11) is 0. The molecule has 0 radical (unpaired) electrons. The van der Waals surface area contributed by atoms with E-state index >= 15 is 0 Å². The maximum Gasteiger partial charge on any atom is 0.144 e. The van der Waals surface area contributed by atoms with Gasteiger partial charge in [-0.1, -0.05) is 34.5 Å². The number of imidazole rings is 1. The Hall–Kier alpha value is -1.52. The summed E-state index contributed by atoms with van der Waals surface area (Å²) in [6.45, 7) is 2.96. The molecule has 0 saturated carbocycles. The van der Waals surface area contributed by atoms with E-state index in [-0.39, 0.29) is 5.75 Å². The monoisotopic (exact) mass is 364 g/mol. The molecule has 21 heavy (non-hydrogen) atoms. The van der Waals surface area contributed by atoms with Crippen molar-refractivity contribution in [3.8, 4) is 17.1 Å². The van der Waals surface area contributed by atoms with Gasteiger partial charge in [0.05, 0.1) is 16.6 Å². The zero-order valence-electron chi connectivity index (χ0n) is 11.5. The quantitative estimate of drug-likeness (QED) is 0.689. The molecule has 0 aliphatic carbocycles. The first-order valence-corrected chi connectivity index (χ1v) is 7.92. The fourth-order valence-electron chi connectivity index (χ4n) is 2.45. The van der Waals surface area contributed by atoms with E-state index in [2.05, 4.69) is 32.4 Å². The van der Waals surface area contributed by atoms with E-state index in [9.17, 15) is 5.11 Å². The Bertz CT molecular complexity index is 813. The van der Waals surface area contributed by atoms with E-state index < -0.39 is 0 Å². The second kappa shape index (κ2) is 5.70. The van der Waals surface area contributed by atoms with Gasteiger partial charge in [-0.2, -0.15) is 0 Å². The molecule has 1 heterocycles. The highest BCUT2D eigenvalue weighted by Crippen LogP contribution is 2.34. The molecule has 0 saturated heterocycles. The number of phenols is 1. The van der Waals surface area contributed by atoms with Gasteiger partial charge in [0.25, 0.3) is 0 Å². The molecule has 0 aliphatic rings. The minimum Gasteiger partial charge on any atom is -0.507 e. The van der Waals surface area contributed by atoms with Crippen molar-refractivity contribution >= 4 is 38.6 Å². The van der Waals surface area contributed by atoms with E-state index in [0.717, 1.165) is 34.3 Å². The largest absolute Gasteiger partial charge is 0.507 e. The van der Waals surface area contributed by atoms with Crippen LogP contribution in [0.1, 0.15) is 13.3 Å². The van der Waals surface area contributed by atoms with Crippen molar-refractivity contribution in [3.05, 3.63) is 45.9 Å². The van der Waals surface area contributed by atoms with Crippen molar-refractivity contribution < 1.29 is 5.11 Å². The van der Waals surface area contributed by atoms with Crippen molar-refractivity contribution in [2.24, 2.45) is 0 Å². The second-order valence-corrected chi connectivity index (χ2v) is 6.23. The number of fused-ring (bicyclic) bond motifs is 1. The summed E-state index contributed by atoms with van der Waals surface area (Å²) in [5.41, 5.74) is 2.66. The molecule has 1 aromatic heterocycles. The number of aryl methyl sites for hydroxylation is 1. The minimum atomic E-state index is 0.147. The molecular weight excluding hydrogens is 352 g/mol. The summed E-state index contributed by atoms with van der Waals surface area (Å²) in [6, 6.07) is 11.1. The number of halogens is 2. The van der Waals surface area contributed by atoms with Crippen LogP contribution >= 0.6 is 27.5 Å². The number of hydrogen-bond donors (Lipinski definition) is 1. The Kier molecular flexibility index (Phi) is 3.91. The molecule has 5 heteroatoms. The van der Waals surface area contributed by atoms with Crippen LogP contribution in [-0.2, 0) is 6.54 Å². The Morgan fingerprint density at radius 3 is 2.76 bits per heavy atom. The fourth-order valence-corrected chi connectivity index (χ4v) is 2.97. The lowest BCUT2D eigenvalue weighted by molar-refractivity contribution is 0.476. The van der Waals surface area contributed by atoms with E-state index in [1.165, 1.54) is 0 Å². The predicted octanol–water partition coefficient (Wildman–Crippen LogP) is 5.23. The van der Waals surface area contributed by atoms with Gasteiger partial charge in [0.1, 0.15) is 11.6 Å². The van der Waals surface area contributed by atoms with Crippen LogP contribution in [-0.4, -0.2) is 14.7 Å². The number of rotatable bonds is 3. The second-order valence-electron chi connectivity index (χ2n) is 4.88. The molecule has 3 aromatic rings. The van der Waals surface area contributed by atoms with Crippen LogP contribution in [0.3, 0.4) is 0 Å². The van der Waals surface area contributed by atoms with Gasteiger partial charge in [-0.25, -0.2) is 4.98 Å². The molecule has 0 amide bonds. The van der Waals surface area contributed by atoms with Gasteiger partial charge in [-0.3, -0.25) is 0 Å². The zero-order valence-corrected chi connectivity index (χ0v) is 13.8. The Balaban J connectivity index is 2.27. The third-order valence-electron chi connectivity index (χ3n) is 3.36. The maximum absolute atomic E-state index is 10.2. The van der Waals surface area contributed by atoms with Crippen molar-refractivity contribution in [2.45, 2.75) is 19.9 Å². The number of phenolic OH excluding ortho intramolecular Hbond substituents is 1. The molecule has 3 nitrogen and oxygen atoms in total. The number of hydrogen-bond acceptors (Lipinski definition) is 2. The SMILES string of the molecule is CCCn1c(-c2ccc(Cl)cc2O)nc2cc(Br)ccc21. The maximum atomic E-state index is 10.2. The van der Waals surface area contributed by atoms with Gasteiger partial charge in [0.2, 0.25) is 0 Å². The highest BCUT2D eigenvalue weighted by Gasteiger charge is 2.15. The van der Waals surface area contributed by atoms with E-state index in [0.29, 0.717) is 10.6 Å². The molecular formula is C16H14BrClN2O. The molecule has 0 fully saturated rings. The Morgan fingerprint density at radius 1 is 1.24 bits per heavy atom. The lowest BCUT2D eigenvalue weighted by Gasteiger charge is -2.09. The van der Waals surface area contributed by atoms with Gasteiger partial charge < -0.3 is 9.67 Å². The highest BCUT2D eigenvalue weighted by molar-refractivity contribution is 9.10. The van der Waals surface area contributed by atoms with Crippen molar-refractivity contribution in [1.29, 1.82) is 0 Å². The van der Waals surface area contributed by atoms with Crippen LogP contribution in [0.5, 0.6) is 5.75 Å². The normalized spacial score (nSPS) is 11.2. The van der Waals surface area contributed by atoms with Crippen LogP contribution in [0.25, 0.3) is 22.4 Å². The average molecular weight is 366 g/mol. The molecule has 0 spiro atoms. The standard InChI is InChI=1S/C16H14BrClN2O/c1-2-7-20-14-6-3-10(17)8-13(14)19-16(20)12-5-4-11(18)9-15(12)21/h3-6,8-9,21H,2,7H2,1H3. The number of benzene rings is 2. The molecule has 0 atom stereocenters. The van der Waals surface area contributed by atoms with E-state index in [1.807, 2.05) is 18.2 Å². The summed E-state index contributed by atoms with van der Waals surface area (Å²) in [5.74, 6) is 0.911. The summed E-state index contributed by atoms with van der Waals surface area (Å²) in [5, 5.41) is 10.7. The average Bonchev–Trinajstić information content (AvgIpc) is 2.77. The van der Waals surface area contributed by atoms with Crippen LogP contribution in [0.2, 0.25) is 5.02 Å². The molecule has 0 unspecified atom stereocenters. The molecule has 2 aromatic carbocycles. The van der Waals surface area contributed by atoms with Crippen LogP contribution in [0.4, 0.5) is 0 Å². The lowest BCUT2D eigenvalue weighted by Crippen LogP contribution is -1.99. The fraction of sp³-hybridized carbons (Fsp3) is 0.188. The smallest absolute Gasteiger partial charge is 0.144 e. The molecule has 1 N–H and O–H groups in total. The van der Waals surface area contributed by atoms with Gasteiger partial charge >= 0.3 is 0 Å². The number of nitrogens with zero attached hydrogens (tertiary/aromatic N) is 2. The zero-order chi connectivity index (χ0) is 15.0. The van der Waals surface area contributed by atoms with Gasteiger partial charge in [0.15, 0.2) is 0 Å². The summed E-state index contributed by atoms with van der Waals surface area (Å²) < 4.78 is 3.12. The van der Waals surface area contributed by atoms with Crippen LogP contribution in [0, 0.1) is 0 Å². The van der Waals surface area contributed by atoms with E-state index in [4.69, 9.17) is 11.6 Å². The third-order valence-corrected chi connectivity index (χ3v) is 4.09. The topological polar surface area (TPSA) is 38.0 Å². The first kappa shape index (κ1) is 14.4. The van der Waals surface area contributed by atoms with Gasteiger partial charge in [0, 0.05) is 16.0 Å². The van der Waals surface area contributed by atoms with Crippen molar-refractivity contribution in [3.63, 3.8) is 0 Å². The predicted molar refractivity (Wildman–Crippen MR) is 89.8 cm³/mol. The molecule has 0 aliphatic heterocycles. The van der Waals surface area contributed by atoms with Crippen LogP contribution in [0.15, 0.2) is 40.9 Å². The summed E-state index contributed by atoms with van der Waals surface area (Å²) in [4.78, 5) is 4.68. The Morgan fingerprint density at radius 2 is 2.05 bits per heavy atom. The highest BCUT2D eigenvalue weighted by atomic mass is 79.9. The molecule has 0 bridgehead atoms. The molecule has 108 valence electrons. The van der Waals surface area contributed by atoms with Gasteiger partial charge in [-0.05, 0) is 42.8 Å². The summed E-state index contributed by atoms with van der Waals surface area (Å²) in [6.07, 6.45) is 0.989. The first-order valence-electron chi connectivity index (χ1n) is 6.75. The van der Waals surface area contributed by atoms with Crippen molar-refractivity contribution in [2.75, 3.05) is 0 Å². The molecule has 3 rings (SSSR count). The number of aromatic hydroxyl groups is 1. The van der Waals surface area contributed by atoms with Crippen LogP contribution < -0.4 is 0 Å². The Labute approximate surface area is 136 Å². The minimum absolute atomic E-state index is 0.147. The lowest BCUT2D eigenvalue weighted by atomic mass is 10.2. The first-order chi connectivity index (χ1) is 10.1. The van der Waals surface area contributed by atoms with Gasteiger partial charge in [-0.15, -0.1) is 0 Å². The van der Waals surface area contributed by atoms with E-state index in [1.54, 1.807) is 18.2 Å². The number of aromatic nitrogens is 2. The van der Waals surface area contributed by atoms with Crippen molar-refractivity contribution in [1.82, 2.24) is 9.55 Å². The summed E-state index contributed by atoms with van der Waals surface area (Å²) >= 11 is 9.38.